The van der Waals surface area contributed by atoms with Crippen LogP contribution in [0, 0.1) is 11.7 Å². The first-order valence-corrected chi connectivity index (χ1v) is 6.33. The van der Waals surface area contributed by atoms with E-state index < -0.39 is 6.10 Å². The minimum atomic E-state index is -0.474. The molecule has 2 rings (SSSR count). The third-order valence-electron chi connectivity index (χ3n) is 2.45. The van der Waals surface area contributed by atoms with Crippen molar-refractivity contribution in [3.8, 4) is 5.75 Å². The fourth-order valence-corrected chi connectivity index (χ4v) is 1.71. The van der Waals surface area contributed by atoms with E-state index in [2.05, 4.69) is 5.32 Å². The number of fused-ring (bicyclic) bond motifs is 1. The molecule has 0 saturated carbocycles. The largest absolute Gasteiger partial charge is 0.478 e. The van der Waals surface area contributed by atoms with E-state index in [0.29, 0.717) is 23.8 Å². The van der Waals surface area contributed by atoms with Gasteiger partial charge in [0.05, 0.1) is 5.69 Å². The van der Waals surface area contributed by atoms with Crippen molar-refractivity contribution in [2.75, 3.05) is 5.32 Å². The van der Waals surface area contributed by atoms with Crippen LogP contribution < -0.4 is 10.1 Å². The van der Waals surface area contributed by atoms with Gasteiger partial charge < -0.3 is 10.1 Å². The molecule has 3 nitrogen and oxygen atoms in total. The number of hydrogen-bond acceptors (Lipinski definition) is 2. The molecule has 1 unspecified atom stereocenters. The fourth-order valence-electron chi connectivity index (χ4n) is 1.71. The molecular formula is C14H20FNO2. The van der Waals surface area contributed by atoms with Gasteiger partial charge in [-0.1, -0.05) is 27.7 Å². The second-order valence-corrected chi connectivity index (χ2v) is 4.37. The van der Waals surface area contributed by atoms with E-state index in [0.717, 1.165) is 0 Å². The summed E-state index contributed by atoms with van der Waals surface area (Å²) in [7, 11) is 0. The lowest BCUT2D eigenvalue weighted by molar-refractivity contribution is -0.124. The first-order chi connectivity index (χ1) is 8.56. The van der Waals surface area contributed by atoms with Gasteiger partial charge in [0, 0.05) is 6.07 Å². The summed E-state index contributed by atoms with van der Waals surface area (Å²) in [6.07, 6.45) is 0.181. The molecule has 1 aliphatic heterocycles. The van der Waals surface area contributed by atoms with Crippen LogP contribution in [-0.4, -0.2) is 12.0 Å². The minimum Gasteiger partial charge on any atom is -0.478 e. The van der Waals surface area contributed by atoms with E-state index in [-0.39, 0.29) is 11.7 Å². The SMILES string of the molecule is CC.CC(C)CC1Oc2ccc(F)cc2NC1=O. The molecule has 0 aromatic heterocycles. The molecule has 0 saturated heterocycles. The van der Waals surface area contributed by atoms with Crippen LogP contribution in [0.25, 0.3) is 0 Å². The Morgan fingerprint density at radius 3 is 2.67 bits per heavy atom. The van der Waals surface area contributed by atoms with Crippen LogP contribution in [0.5, 0.6) is 5.75 Å². The molecule has 1 atom stereocenters. The normalized spacial score (nSPS) is 17.2. The number of anilines is 1. The average Bonchev–Trinajstić information content (AvgIpc) is 2.32. The maximum atomic E-state index is 12.9. The molecule has 1 N–H and O–H groups in total. The van der Waals surface area contributed by atoms with Gasteiger partial charge in [-0.15, -0.1) is 0 Å². The van der Waals surface area contributed by atoms with Gasteiger partial charge in [-0.3, -0.25) is 4.79 Å². The van der Waals surface area contributed by atoms with Gasteiger partial charge in [-0.25, -0.2) is 4.39 Å². The van der Waals surface area contributed by atoms with E-state index in [1.165, 1.54) is 18.2 Å². The van der Waals surface area contributed by atoms with Crippen molar-refractivity contribution in [1.29, 1.82) is 0 Å². The molecule has 100 valence electrons. The maximum Gasteiger partial charge on any atom is 0.265 e. The van der Waals surface area contributed by atoms with Crippen molar-refractivity contribution in [3.63, 3.8) is 0 Å². The average molecular weight is 253 g/mol. The smallest absolute Gasteiger partial charge is 0.265 e. The van der Waals surface area contributed by atoms with Crippen molar-refractivity contribution in [2.45, 2.75) is 40.2 Å². The molecule has 1 amide bonds. The van der Waals surface area contributed by atoms with E-state index in [9.17, 15) is 9.18 Å². The van der Waals surface area contributed by atoms with Crippen molar-refractivity contribution in [2.24, 2.45) is 5.92 Å². The Bertz CT molecular complexity index is 418. The van der Waals surface area contributed by atoms with E-state index in [1.54, 1.807) is 0 Å². The second kappa shape index (κ2) is 6.38. The molecule has 18 heavy (non-hydrogen) atoms. The van der Waals surface area contributed by atoms with Crippen LogP contribution in [-0.2, 0) is 4.79 Å². The topological polar surface area (TPSA) is 38.3 Å². The summed E-state index contributed by atoms with van der Waals surface area (Å²) in [5, 5.41) is 2.65. The molecule has 1 heterocycles. The van der Waals surface area contributed by atoms with E-state index >= 15 is 0 Å². The highest BCUT2D eigenvalue weighted by molar-refractivity contribution is 5.97. The summed E-state index contributed by atoms with van der Waals surface area (Å²) in [6.45, 7) is 8.05. The highest BCUT2D eigenvalue weighted by Gasteiger charge is 2.28. The summed E-state index contributed by atoms with van der Waals surface area (Å²) >= 11 is 0. The highest BCUT2D eigenvalue weighted by atomic mass is 19.1. The van der Waals surface area contributed by atoms with E-state index in [4.69, 9.17) is 4.74 Å². The summed E-state index contributed by atoms with van der Waals surface area (Å²) in [4.78, 5) is 11.6. The number of carbonyl (C=O) groups excluding carboxylic acids is 1. The van der Waals surface area contributed by atoms with Gasteiger partial charge in [-0.2, -0.15) is 0 Å². The lowest BCUT2D eigenvalue weighted by Gasteiger charge is -2.26. The summed E-state index contributed by atoms with van der Waals surface area (Å²) in [6, 6.07) is 4.12. The Morgan fingerprint density at radius 2 is 2.06 bits per heavy atom. The third-order valence-corrected chi connectivity index (χ3v) is 2.45. The van der Waals surface area contributed by atoms with E-state index in [1.807, 2.05) is 27.7 Å². The summed E-state index contributed by atoms with van der Waals surface area (Å²) in [5.41, 5.74) is 0.407. The zero-order chi connectivity index (χ0) is 13.7. The summed E-state index contributed by atoms with van der Waals surface area (Å²) in [5.74, 6) is 0.321. The molecule has 0 spiro atoms. The number of benzene rings is 1. The van der Waals surface area contributed by atoms with Crippen molar-refractivity contribution < 1.29 is 13.9 Å². The zero-order valence-corrected chi connectivity index (χ0v) is 11.3. The number of amides is 1. The van der Waals surface area contributed by atoms with Crippen LogP contribution in [0.4, 0.5) is 10.1 Å². The maximum absolute atomic E-state index is 12.9. The van der Waals surface area contributed by atoms with Crippen LogP contribution in [0.2, 0.25) is 0 Å². The number of hydrogen-bond donors (Lipinski definition) is 1. The second-order valence-electron chi connectivity index (χ2n) is 4.37. The number of ether oxygens (including phenoxy) is 1. The Morgan fingerprint density at radius 1 is 1.39 bits per heavy atom. The number of carbonyl (C=O) groups is 1. The van der Waals surface area contributed by atoms with Gasteiger partial charge in [0.2, 0.25) is 0 Å². The molecular weight excluding hydrogens is 233 g/mol. The monoisotopic (exact) mass is 253 g/mol. The lowest BCUT2D eigenvalue weighted by atomic mass is 10.0. The number of rotatable bonds is 2. The van der Waals surface area contributed by atoms with Crippen LogP contribution in [0.15, 0.2) is 18.2 Å². The highest BCUT2D eigenvalue weighted by Crippen LogP contribution is 2.31. The van der Waals surface area contributed by atoms with Gasteiger partial charge in [0.15, 0.2) is 6.10 Å². The lowest BCUT2D eigenvalue weighted by Crippen LogP contribution is -2.37. The predicted molar refractivity (Wildman–Crippen MR) is 70.2 cm³/mol. The quantitative estimate of drug-likeness (QED) is 0.874. The third kappa shape index (κ3) is 3.45. The first-order valence-electron chi connectivity index (χ1n) is 6.33. The molecule has 1 aromatic carbocycles. The predicted octanol–water partition coefficient (Wildman–Crippen LogP) is 3.60. The molecule has 0 radical (unpaired) electrons. The molecule has 0 bridgehead atoms. The van der Waals surface area contributed by atoms with Gasteiger partial charge >= 0.3 is 0 Å². The Hall–Kier alpha value is -1.58. The Kier molecular flexibility index (Phi) is 5.13. The van der Waals surface area contributed by atoms with Crippen molar-refractivity contribution in [1.82, 2.24) is 0 Å². The first kappa shape index (κ1) is 14.5. The van der Waals surface area contributed by atoms with Gasteiger partial charge in [-0.05, 0) is 24.5 Å². The van der Waals surface area contributed by atoms with Crippen LogP contribution >= 0.6 is 0 Å². The van der Waals surface area contributed by atoms with Crippen LogP contribution in [0.3, 0.4) is 0 Å². The standard InChI is InChI=1S/C12H14FNO2.C2H6/c1-7(2)5-11-12(15)14-9-6-8(13)3-4-10(9)16-11;1-2/h3-4,6-7,11H,5H2,1-2H3,(H,14,15);1-2H3. The Labute approximate surface area is 107 Å². The molecule has 1 aliphatic rings. The van der Waals surface area contributed by atoms with Gasteiger partial charge in [0.25, 0.3) is 5.91 Å². The minimum absolute atomic E-state index is 0.202. The zero-order valence-electron chi connectivity index (χ0n) is 11.3. The molecule has 1 aromatic rings. The Balaban J connectivity index is 0.000000771. The van der Waals surface area contributed by atoms with Crippen LogP contribution in [0.1, 0.15) is 34.1 Å². The number of nitrogens with one attached hydrogen (secondary N) is 1. The fraction of sp³-hybridized carbons (Fsp3) is 0.500. The molecule has 4 heteroatoms. The van der Waals surface area contributed by atoms with Crippen molar-refractivity contribution in [3.05, 3.63) is 24.0 Å². The van der Waals surface area contributed by atoms with Gasteiger partial charge in [0.1, 0.15) is 11.6 Å². The number of halogens is 1. The summed E-state index contributed by atoms with van der Waals surface area (Å²) < 4.78 is 18.5. The molecule has 0 aliphatic carbocycles. The van der Waals surface area contributed by atoms with Crippen molar-refractivity contribution >= 4 is 11.6 Å². The molecule has 0 fully saturated rings.